The Morgan fingerprint density at radius 3 is 2.46 bits per heavy atom. The van der Waals surface area contributed by atoms with Crippen molar-refractivity contribution in [3.05, 3.63) is 47.3 Å². The van der Waals surface area contributed by atoms with Crippen LogP contribution in [0.2, 0.25) is 0 Å². The van der Waals surface area contributed by atoms with Crippen molar-refractivity contribution in [1.29, 1.82) is 0 Å². The summed E-state index contributed by atoms with van der Waals surface area (Å²) >= 11 is 2.74. The Labute approximate surface area is 171 Å². The first-order valence-corrected chi connectivity index (χ1v) is 10.5. The highest BCUT2D eigenvalue weighted by atomic mass is 32.2. The normalized spacial score (nSPS) is 12.6. The topological polar surface area (TPSA) is 85.1 Å². The van der Waals surface area contributed by atoms with Crippen molar-refractivity contribution in [3.8, 4) is 10.8 Å². The number of carbonyl (C=O) groups excluding carboxylic acids is 2. The van der Waals surface area contributed by atoms with Gasteiger partial charge >= 0.3 is 0 Å². The van der Waals surface area contributed by atoms with Crippen LogP contribution in [0.15, 0.2) is 51.4 Å². The van der Waals surface area contributed by atoms with E-state index in [1.807, 2.05) is 38.3 Å². The van der Waals surface area contributed by atoms with Gasteiger partial charge < -0.3 is 9.73 Å². The fraction of sp³-hybridized carbons (Fsp3) is 0.300. The van der Waals surface area contributed by atoms with Crippen LogP contribution in [0.3, 0.4) is 0 Å². The van der Waals surface area contributed by atoms with Crippen LogP contribution in [0.5, 0.6) is 0 Å². The molecule has 146 valence electrons. The number of carbonyl (C=O) groups is 2. The van der Waals surface area contributed by atoms with Gasteiger partial charge in [0.15, 0.2) is 5.78 Å². The number of Topliss-reactive ketones (excluding diaryl/α,β-unsaturated/α-hetero) is 1. The molecule has 0 saturated heterocycles. The van der Waals surface area contributed by atoms with Gasteiger partial charge in [0.05, 0.1) is 10.1 Å². The zero-order valence-electron chi connectivity index (χ0n) is 16.1. The Bertz CT molecular complexity index is 958. The maximum atomic E-state index is 12.7. The van der Waals surface area contributed by atoms with Crippen molar-refractivity contribution in [2.75, 3.05) is 5.32 Å². The zero-order chi connectivity index (χ0) is 20.3. The smallest absolute Gasteiger partial charge is 0.277 e. The summed E-state index contributed by atoms with van der Waals surface area (Å²) in [5.74, 6) is 0.333. The summed E-state index contributed by atoms with van der Waals surface area (Å²) in [6.45, 7) is 7.35. The third kappa shape index (κ3) is 4.88. The molecule has 1 aromatic carbocycles. The Hall–Kier alpha value is -2.45. The largest absolute Gasteiger partial charge is 0.410 e. The molecular weight excluding hydrogens is 394 g/mol. The van der Waals surface area contributed by atoms with Crippen molar-refractivity contribution in [1.82, 2.24) is 10.2 Å². The average Bonchev–Trinajstić information content (AvgIpc) is 3.32. The van der Waals surface area contributed by atoms with E-state index in [1.165, 1.54) is 23.1 Å². The summed E-state index contributed by atoms with van der Waals surface area (Å²) in [5.41, 5.74) is 0.743. The van der Waals surface area contributed by atoms with E-state index in [1.54, 1.807) is 31.2 Å². The number of ketones is 1. The molecule has 1 unspecified atom stereocenters. The number of hydrogen-bond acceptors (Lipinski definition) is 7. The quantitative estimate of drug-likeness (QED) is 0.443. The summed E-state index contributed by atoms with van der Waals surface area (Å²) < 4.78 is 5.63. The average molecular weight is 416 g/mol. The van der Waals surface area contributed by atoms with E-state index in [9.17, 15) is 9.59 Å². The molecule has 0 aliphatic carbocycles. The van der Waals surface area contributed by atoms with Gasteiger partial charge in [-0.2, -0.15) is 0 Å². The molecule has 1 N–H and O–H groups in total. The van der Waals surface area contributed by atoms with Crippen LogP contribution in [0.4, 0.5) is 5.69 Å². The second kappa shape index (κ2) is 8.28. The van der Waals surface area contributed by atoms with E-state index in [4.69, 9.17) is 4.42 Å². The molecule has 2 aromatic heterocycles. The highest BCUT2D eigenvalue weighted by Gasteiger charge is 2.22. The molecule has 28 heavy (non-hydrogen) atoms. The van der Waals surface area contributed by atoms with Crippen LogP contribution in [-0.2, 0) is 4.79 Å². The molecule has 1 amide bonds. The van der Waals surface area contributed by atoms with Crippen LogP contribution < -0.4 is 5.32 Å². The second-order valence-electron chi connectivity index (χ2n) is 7.26. The van der Waals surface area contributed by atoms with Gasteiger partial charge in [-0.3, -0.25) is 9.59 Å². The van der Waals surface area contributed by atoms with E-state index in [0.717, 1.165) is 4.88 Å². The summed E-state index contributed by atoms with van der Waals surface area (Å²) in [6, 6.07) is 10.7. The predicted molar refractivity (Wildman–Crippen MR) is 112 cm³/mol. The molecule has 2 heterocycles. The van der Waals surface area contributed by atoms with Crippen molar-refractivity contribution < 1.29 is 14.0 Å². The van der Waals surface area contributed by atoms with E-state index in [-0.39, 0.29) is 16.9 Å². The highest BCUT2D eigenvalue weighted by Crippen LogP contribution is 2.29. The van der Waals surface area contributed by atoms with Gasteiger partial charge in [0.1, 0.15) is 0 Å². The van der Waals surface area contributed by atoms with Gasteiger partial charge in [-0.05, 0) is 42.6 Å². The number of benzene rings is 1. The number of nitrogens with zero attached hydrogens (tertiary/aromatic N) is 2. The maximum absolute atomic E-state index is 12.7. The van der Waals surface area contributed by atoms with Crippen LogP contribution in [-0.4, -0.2) is 27.1 Å². The third-order valence-electron chi connectivity index (χ3n) is 3.89. The Morgan fingerprint density at radius 2 is 1.86 bits per heavy atom. The zero-order valence-corrected chi connectivity index (χ0v) is 17.7. The molecule has 3 rings (SSSR count). The van der Waals surface area contributed by atoms with Gasteiger partial charge in [0.25, 0.3) is 11.1 Å². The minimum atomic E-state index is -0.480. The van der Waals surface area contributed by atoms with Crippen LogP contribution >= 0.6 is 23.1 Å². The fourth-order valence-electron chi connectivity index (χ4n) is 2.23. The minimum absolute atomic E-state index is 0.0467. The lowest BCUT2D eigenvalue weighted by Crippen LogP contribution is -2.27. The van der Waals surface area contributed by atoms with Crippen LogP contribution in [0.25, 0.3) is 10.8 Å². The molecule has 3 aromatic rings. The molecule has 0 aliphatic heterocycles. The number of anilines is 1. The standard InChI is InChI=1S/C20H21N3O3S2/c1-12(28-19-23-22-17(26-19)15-6-5-11-27-15)16(24)13-7-9-14(10-8-13)21-18(25)20(2,3)4/h5-12H,1-4H3,(H,21,25). The number of thiophene rings is 1. The highest BCUT2D eigenvalue weighted by molar-refractivity contribution is 8.00. The molecule has 8 heteroatoms. The number of nitrogens with one attached hydrogen (secondary N) is 1. The van der Waals surface area contributed by atoms with Gasteiger partial charge in [-0.25, -0.2) is 0 Å². The van der Waals surface area contributed by atoms with Gasteiger partial charge in [0, 0.05) is 16.7 Å². The number of thioether (sulfide) groups is 1. The number of rotatable bonds is 6. The molecule has 0 fully saturated rings. The van der Waals surface area contributed by atoms with Crippen molar-refractivity contribution >= 4 is 40.5 Å². The maximum Gasteiger partial charge on any atom is 0.277 e. The first-order valence-electron chi connectivity index (χ1n) is 8.74. The molecule has 0 bridgehead atoms. The monoisotopic (exact) mass is 415 g/mol. The number of hydrogen-bond donors (Lipinski definition) is 1. The Kier molecular flexibility index (Phi) is 6.00. The third-order valence-corrected chi connectivity index (χ3v) is 5.69. The van der Waals surface area contributed by atoms with Gasteiger partial charge in [-0.15, -0.1) is 21.5 Å². The molecule has 1 atom stereocenters. The summed E-state index contributed by atoms with van der Waals surface area (Å²) in [7, 11) is 0. The summed E-state index contributed by atoms with van der Waals surface area (Å²) in [6.07, 6.45) is 0. The summed E-state index contributed by atoms with van der Waals surface area (Å²) in [5, 5.41) is 12.8. The predicted octanol–water partition coefficient (Wildman–Crippen LogP) is 5.15. The van der Waals surface area contributed by atoms with Gasteiger partial charge in [-0.1, -0.05) is 38.6 Å². The first-order chi connectivity index (χ1) is 13.2. The molecule has 0 radical (unpaired) electrons. The molecule has 0 aliphatic rings. The van der Waals surface area contributed by atoms with Crippen LogP contribution in [0.1, 0.15) is 38.1 Å². The lowest BCUT2D eigenvalue weighted by Gasteiger charge is -2.17. The SMILES string of the molecule is CC(Sc1nnc(-c2cccs2)o1)C(=O)c1ccc(NC(=O)C(C)(C)C)cc1. The molecule has 0 saturated carbocycles. The molecule has 0 spiro atoms. The van der Waals surface area contributed by atoms with E-state index in [0.29, 0.717) is 22.4 Å². The summed E-state index contributed by atoms with van der Waals surface area (Å²) in [4.78, 5) is 25.6. The van der Waals surface area contributed by atoms with E-state index < -0.39 is 5.41 Å². The molecular formula is C20H21N3O3S2. The van der Waals surface area contributed by atoms with Crippen molar-refractivity contribution in [2.24, 2.45) is 5.41 Å². The fourth-order valence-corrected chi connectivity index (χ4v) is 3.64. The lowest BCUT2D eigenvalue weighted by molar-refractivity contribution is -0.123. The van der Waals surface area contributed by atoms with Crippen molar-refractivity contribution in [3.63, 3.8) is 0 Å². The lowest BCUT2D eigenvalue weighted by atomic mass is 9.95. The van der Waals surface area contributed by atoms with Gasteiger partial charge in [0.2, 0.25) is 5.91 Å². The second-order valence-corrected chi connectivity index (χ2v) is 9.50. The van der Waals surface area contributed by atoms with E-state index in [2.05, 4.69) is 15.5 Å². The van der Waals surface area contributed by atoms with Crippen LogP contribution in [0, 0.1) is 5.41 Å². The van der Waals surface area contributed by atoms with E-state index >= 15 is 0 Å². The Balaban J connectivity index is 1.62. The Morgan fingerprint density at radius 1 is 1.14 bits per heavy atom. The number of amides is 1. The minimum Gasteiger partial charge on any atom is -0.410 e. The van der Waals surface area contributed by atoms with Crippen molar-refractivity contribution in [2.45, 2.75) is 38.2 Å². The number of aromatic nitrogens is 2. The first kappa shape index (κ1) is 20.3. The molecule has 6 nitrogen and oxygen atoms in total.